The van der Waals surface area contributed by atoms with Crippen LogP contribution in [0.15, 0.2) is 0 Å². The Labute approximate surface area is 54.2 Å². The largest absolute Gasteiger partial charge is 0.382 e. The van der Waals surface area contributed by atoms with Crippen molar-refractivity contribution < 1.29 is 9.47 Å². The van der Waals surface area contributed by atoms with Crippen molar-refractivity contribution in [3.63, 3.8) is 0 Å². The Morgan fingerprint density at radius 1 is 1.89 bits per heavy atom. The van der Waals surface area contributed by atoms with Gasteiger partial charge in [-0.2, -0.15) is 5.26 Å². The molecule has 0 aromatic carbocycles. The minimum atomic E-state index is -0.316. The van der Waals surface area contributed by atoms with Gasteiger partial charge in [-0.1, -0.05) is 0 Å². The van der Waals surface area contributed by atoms with E-state index >= 15 is 0 Å². The first-order chi connectivity index (χ1) is 4.23. The lowest BCUT2D eigenvalue weighted by atomic mass is 10.1. The number of ether oxygens (including phenoxy) is 2. The second-order valence-corrected chi connectivity index (χ2v) is 2.37. The molecule has 1 fully saturated rings. The van der Waals surface area contributed by atoms with E-state index in [0.29, 0.717) is 6.61 Å². The van der Waals surface area contributed by atoms with Crippen molar-refractivity contribution in [3.8, 4) is 6.07 Å². The predicted octanol–water partition coefficient (Wildman–Crippen LogP) is 0.314. The first-order valence-electron chi connectivity index (χ1n) is 2.79. The SMILES string of the molecule is COCC1(C)OC1C#N. The van der Waals surface area contributed by atoms with Crippen molar-refractivity contribution >= 4 is 0 Å². The fourth-order valence-corrected chi connectivity index (χ4v) is 0.794. The zero-order valence-corrected chi connectivity index (χ0v) is 5.55. The van der Waals surface area contributed by atoms with E-state index in [9.17, 15) is 0 Å². The van der Waals surface area contributed by atoms with Gasteiger partial charge in [0.15, 0.2) is 6.10 Å². The van der Waals surface area contributed by atoms with Gasteiger partial charge in [0.1, 0.15) is 5.60 Å². The van der Waals surface area contributed by atoms with Crippen LogP contribution >= 0.6 is 0 Å². The molecule has 1 saturated heterocycles. The molecule has 50 valence electrons. The Morgan fingerprint density at radius 2 is 2.56 bits per heavy atom. The molecule has 1 rings (SSSR count). The summed E-state index contributed by atoms with van der Waals surface area (Å²) < 4.78 is 9.83. The number of nitriles is 1. The number of epoxide rings is 1. The van der Waals surface area contributed by atoms with E-state index in [-0.39, 0.29) is 11.7 Å². The third kappa shape index (κ3) is 1.04. The molecule has 1 aliphatic rings. The summed E-state index contributed by atoms with van der Waals surface area (Å²) in [4.78, 5) is 0. The van der Waals surface area contributed by atoms with Gasteiger partial charge >= 0.3 is 0 Å². The van der Waals surface area contributed by atoms with Crippen molar-refractivity contribution in [2.24, 2.45) is 0 Å². The van der Waals surface area contributed by atoms with E-state index < -0.39 is 0 Å². The Morgan fingerprint density at radius 3 is 2.89 bits per heavy atom. The summed E-state index contributed by atoms with van der Waals surface area (Å²) in [6, 6.07) is 2.01. The molecule has 0 N–H and O–H groups in total. The molecule has 1 aliphatic heterocycles. The number of hydrogen-bond donors (Lipinski definition) is 0. The highest BCUT2D eigenvalue weighted by atomic mass is 16.6. The van der Waals surface area contributed by atoms with Gasteiger partial charge in [-0.25, -0.2) is 0 Å². The van der Waals surface area contributed by atoms with Crippen LogP contribution in [-0.2, 0) is 9.47 Å². The van der Waals surface area contributed by atoms with Crippen LogP contribution in [-0.4, -0.2) is 25.4 Å². The fraction of sp³-hybridized carbons (Fsp3) is 0.833. The highest BCUT2D eigenvalue weighted by Gasteiger charge is 2.52. The molecule has 0 saturated carbocycles. The molecule has 3 heteroatoms. The van der Waals surface area contributed by atoms with Crippen molar-refractivity contribution in [1.29, 1.82) is 5.26 Å². The third-order valence-corrected chi connectivity index (χ3v) is 1.43. The predicted molar refractivity (Wildman–Crippen MR) is 30.8 cm³/mol. The summed E-state index contributed by atoms with van der Waals surface area (Å²) in [5.41, 5.74) is -0.316. The van der Waals surface area contributed by atoms with Crippen LogP contribution in [0, 0.1) is 11.3 Å². The zero-order valence-electron chi connectivity index (χ0n) is 5.55. The Kier molecular flexibility index (Phi) is 1.43. The molecular formula is C6H9NO2. The van der Waals surface area contributed by atoms with Gasteiger partial charge in [-0.15, -0.1) is 0 Å². The highest BCUT2D eigenvalue weighted by Crippen LogP contribution is 2.35. The second-order valence-electron chi connectivity index (χ2n) is 2.37. The Bertz CT molecular complexity index is 152. The van der Waals surface area contributed by atoms with Crippen LogP contribution in [0.3, 0.4) is 0 Å². The Balaban J connectivity index is 2.35. The van der Waals surface area contributed by atoms with E-state index in [1.807, 2.05) is 13.0 Å². The lowest BCUT2D eigenvalue weighted by molar-refractivity contribution is 0.130. The Hall–Kier alpha value is -0.590. The molecule has 0 bridgehead atoms. The number of rotatable bonds is 2. The van der Waals surface area contributed by atoms with E-state index in [4.69, 9.17) is 14.7 Å². The van der Waals surface area contributed by atoms with Gasteiger partial charge < -0.3 is 9.47 Å². The molecule has 2 atom stereocenters. The molecule has 0 amide bonds. The quantitative estimate of drug-likeness (QED) is 0.501. The molecule has 0 aliphatic carbocycles. The summed E-state index contributed by atoms with van der Waals surface area (Å²) in [6.07, 6.45) is -0.252. The average molecular weight is 127 g/mol. The minimum absolute atomic E-state index is 0.252. The van der Waals surface area contributed by atoms with Gasteiger partial charge in [-0.05, 0) is 6.92 Å². The number of nitrogens with zero attached hydrogens (tertiary/aromatic N) is 1. The second kappa shape index (κ2) is 1.98. The van der Waals surface area contributed by atoms with Crippen LogP contribution in [0.5, 0.6) is 0 Å². The van der Waals surface area contributed by atoms with Crippen LogP contribution < -0.4 is 0 Å². The topological polar surface area (TPSA) is 45.5 Å². The zero-order chi connectivity index (χ0) is 6.91. The van der Waals surface area contributed by atoms with Crippen molar-refractivity contribution in [2.75, 3.05) is 13.7 Å². The maximum atomic E-state index is 8.34. The van der Waals surface area contributed by atoms with Crippen LogP contribution in [0.4, 0.5) is 0 Å². The van der Waals surface area contributed by atoms with E-state index in [1.165, 1.54) is 0 Å². The maximum absolute atomic E-state index is 8.34. The first-order valence-corrected chi connectivity index (χ1v) is 2.79. The van der Waals surface area contributed by atoms with Gasteiger partial charge in [0, 0.05) is 7.11 Å². The molecule has 0 aromatic rings. The number of hydrogen-bond acceptors (Lipinski definition) is 3. The smallest absolute Gasteiger partial charge is 0.175 e. The van der Waals surface area contributed by atoms with Gasteiger partial charge in [0.05, 0.1) is 12.7 Å². The van der Waals surface area contributed by atoms with Crippen LogP contribution in [0.1, 0.15) is 6.92 Å². The standard InChI is InChI=1S/C6H9NO2/c1-6(4-8-2)5(3-7)9-6/h5H,4H2,1-2H3. The molecule has 9 heavy (non-hydrogen) atoms. The lowest BCUT2D eigenvalue weighted by Gasteiger charge is -1.99. The van der Waals surface area contributed by atoms with Crippen molar-refractivity contribution in [2.45, 2.75) is 18.6 Å². The molecule has 0 spiro atoms. The molecule has 0 radical (unpaired) electrons. The average Bonchev–Trinajstić information content (AvgIpc) is 2.43. The molecule has 2 unspecified atom stereocenters. The first kappa shape index (κ1) is 6.53. The monoisotopic (exact) mass is 127 g/mol. The fourth-order valence-electron chi connectivity index (χ4n) is 0.794. The number of methoxy groups -OCH3 is 1. The summed E-state index contributed by atoms with van der Waals surface area (Å²) in [7, 11) is 1.60. The summed E-state index contributed by atoms with van der Waals surface area (Å²) in [5, 5.41) is 8.34. The summed E-state index contributed by atoms with van der Waals surface area (Å²) in [5.74, 6) is 0. The normalized spacial score (nSPS) is 39.9. The molecule has 3 nitrogen and oxygen atoms in total. The van der Waals surface area contributed by atoms with Crippen molar-refractivity contribution in [1.82, 2.24) is 0 Å². The van der Waals surface area contributed by atoms with E-state index in [0.717, 1.165) is 0 Å². The maximum Gasteiger partial charge on any atom is 0.175 e. The van der Waals surface area contributed by atoms with Crippen LogP contribution in [0.25, 0.3) is 0 Å². The summed E-state index contributed by atoms with van der Waals surface area (Å²) in [6.45, 7) is 2.37. The van der Waals surface area contributed by atoms with Gasteiger partial charge in [-0.3, -0.25) is 0 Å². The van der Waals surface area contributed by atoms with Crippen molar-refractivity contribution in [3.05, 3.63) is 0 Å². The van der Waals surface area contributed by atoms with Crippen LogP contribution in [0.2, 0.25) is 0 Å². The van der Waals surface area contributed by atoms with Gasteiger partial charge in [0.25, 0.3) is 0 Å². The van der Waals surface area contributed by atoms with Gasteiger partial charge in [0.2, 0.25) is 0 Å². The minimum Gasteiger partial charge on any atom is -0.382 e. The highest BCUT2D eigenvalue weighted by molar-refractivity contribution is 5.11. The lowest BCUT2D eigenvalue weighted by Crippen LogP contribution is -2.16. The summed E-state index contributed by atoms with van der Waals surface area (Å²) >= 11 is 0. The third-order valence-electron chi connectivity index (χ3n) is 1.43. The molecule has 1 heterocycles. The molecule has 0 aromatic heterocycles. The molecular weight excluding hydrogens is 118 g/mol. The van der Waals surface area contributed by atoms with E-state index in [2.05, 4.69) is 0 Å². The van der Waals surface area contributed by atoms with E-state index in [1.54, 1.807) is 7.11 Å².